The summed E-state index contributed by atoms with van der Waals surface area (Å²) in [6.45, 7) is 0. The standard InChI is InChI=1S/C23H16Cl2N2O2S/c24-15-8-4-13(5-9-15)12-19-22(29)27-21(14-6-10-16(25)11-7-14)20-17(26-23(27)30-19)2-1-3-18(20)28/h4-12,21H,1-3H2/b19-12-. The molecular formula is C23H16Cl2N2O2S. The molecule has 7 heteroatoms. The molecule has 4 nitrogen and oxygen atoms in total. The molecule has 1 unspecified atom stereocenters. The van der Waals surface area contributed by atoms with Crippen molar-refractivity contribution >= 4 is 46.4 Å². The summed E-state index contributed by atoms with van der Waals surface area (Å²) in [6.07, 6.45) is 3.85. The average Bonchev–Trinajstić information content (AvgIpc) is 3.04. The van der Waals surface area contributed by atoms with Crippen LogP contribution >= 0.6 is 34.5 Å². The molecule has 1 aromatic heterocycles. The molecule has 0 fully saturated rings. The summed E-state index contributed by atoms with van der Waals surface area (Å²) in [4.78, 5) is 31.6. The van der Waals surface area contributed by atoms with Crippen LogP contribution in [-0.4, -0.2) is 10.4 Å². The number of Topliss-reactive ketones (excluding diaryl/α,β-unsaturated/α-hetero) is 1. The lowest BCUT2D eigenvalue weighted by atomic mass is 9.86. The number of nitrogens with zero attached hydrogens (tertiary/aromatic N) is 2. The second-order valence-electron chi connectivity index (χ2n) is 7.32. The lowest BCUT2D eigenvalue weighted by molar-refractivity contribution is -0.116. The van der Waals surface area contributed by atoms with E-state index in [4.69, 9.17) is 28.2 Å². The van der Waals surface area contributed by atoms with Gasteiger partial charge >= 0.3 is 0 Å². The van der Waals surface area contributed by atoms with E-state index in [-0.39, 0.29) is 11.3 Å². The molecule has 1 atom stereocenters. The molecule has 2 aliphatic rings. The van der Waals surface area contributed by atoms with Crippen LogP contribution in [0.5, 0.6) is 0 Å². The van der Waals surface area contributed by atoms with E-state index in [1.807, 2.05) is 30.3 Å². The van der Waals surface area contributed by atoms with Crippen molar-refractivity contribution in [1.82, 2.24) is 4.57 Å². The van der Waals surface area contributed by atoms with Crippen LogP contribution in [0.3, 0.4) is 0 Å². The van der Waals surface area contributed by atoms with Gasteiger partial charge in [-0.1, -0.05) is 58.8 Å². The molecule has 0 N–H and O–H groups in total. The monoisotopic (exact) mass is 454 g/mol. The third-order valence-electron chi connectivity index (χ3n) is 5.38. The SMILES string of the molecule is O=C1CCCC2=C1C(c1ccc(Cl)cc1)n1c(s/c(=C\c3ccc(Cl)cc3)c1=O)=N2. The Hall–Kier alpha value is -2.47. The Morgan fingerprint density at radius 1 is 0.967 bits per heavy atom. The number of aromatic nitrogens is 1. The number of allylic oxidation sites excluding steroid dienone is 2. The first-order valence-corrected chi connectivity index (χ1v) is 11.2. The third-order valence-corrected chi connectivity index (χ3v) is 6.87. The fraction of sp³-hybridized carbons (Fsp3) is 0.174. The molecule has 0 radical (unpaired) electrons. The molecule has 0 spiro atoms. The van der Waals surface area contributed by atoms with Gasteiger partial charge in [-0.2, -0.15) is 0 Å². The molecule has 3 aromatic rings. The fourth-order valence-electron chi connectivity index (χ4n) is 3.98. The van der Waals surface area contributed by atoms with Gasteiger partial charge in [0.05, 0.1) is 16.3 Å². The maximum absolute atomic E-state index is 13.4. The molecule has 2 heterocycles. The quantitative estimate of drug-likeness (QED) is 0.580. The molecule has 2 aromatic carbocycles. The Morgan fingerprint density at radius 2 is 1.63 bits per heavy atom. The molecule has 5 rings (SSSR count). The lowest BCUT2D eigenvalue weighted by Gasteiger charge is -2.28. The lowest BCUT2D eigenvalue weighted by Crippen LogP contribution is -2.40. The highest BCUT2D eigenvalue weighted by molar-refractivity contribution is 7.07. The van der Waals surface area contributed by atoms with Crippen LogP contribution in [0.4, 0.5) is 0 Å². The van der Waals surface area contributed by atoms with Gasteiger partial charge in [-0.3, -0.25) is 14.2 Å². The number of ketones is 1. The summed E-state index contributed by atoms with van der Waals surface area (Å²) in [6, 6.07) is 14.2. The minimum Gasteiger partial charge on any atom is -0.294 e. The molecule has 0 saturated heterocycles. The van der Waals surface area contributed by atoms with Gasteiger partial charge in [0.15, 0.2) is 10.6 Å². The van der Waals surface area contributed by atoms with Crippen molar-refractivity contribution in [2.24, 2.45) is 4.99 Å². The Bertz CT molecular complexity index is 1370. The minimum absolute atomic E-state index is 0.0620. The average molecular weight is 455 g/mol. The summed E-state index contributed by atoms with van der Waals surface area (Å²) < 4.78 is 2.22. The zero-order chi connectivity index (χ0) is 20.8. The van der Waals surface area contributed by atoms with Crippen molar-refractivity contribution in [3.63, 3.8) is 0 Å². The zero-order valence-corrected chi connectivity index (χ0v) is 18.1. The number of halogens is 2. The number of carbonyl (C=O) groups is 1. The summed E-state index contributed by atoms with van der Waals surface area (Å²) in [7, 11) is 0. The van der Waals surface area contributed by atoms with Gasteiger partial charge in [0.1, 0.15) is 0 Å². The van der Waals surface area contributed by atoms with Crippen LogP contribution in [0.15, 0.2) is 69.6 Å². The molecular weight excluding hydrogens is 439 g/mol. The normalized spacial score (nSPS) is 18.8. The molecule has 0 amide bonds. The van der Waals surface area contributed by atoms with Crippen molar-refractivity contribution in [2.45, 2.75) is 25.3 Å². The number of hydrogen-bond acceptors (Lipinski definition) is 4. The maximum atomic E-state index is 13.4. The summed E-state index contributed by atoms with van der Waals surface area (Å²) >= 11 is 13.4. The molecule has 30 heavy (non-hydrogen) atoms. The van der Waals surface area contributed by atoms with Gasteiger partial charge in [0, 0.05) is 22.0 Å². The predicted octanol–water partition coefficient (Wildman–Crippen LogP) is 4.28. The largest absolute Gasteiger partial charge is 0.294 e. The number of carbonyl (C=O) groups excluding carboxylic acids is 1. The van der Waals surface area contributed by atoms with Gasteiger partial charge < -0.3 is 0 Å². The topological polar surface area (TPSA) is 51.4 Å². The summed E-state index contributed by atoms with van der Waals surface area (Å²) in [5.74, 6) is 0.0620. The van der Waals surface area contributed by atoms with Crippen molar-refractivity contribution in [3.05, 3.63) is 101 Å². The molecule has 1 aliphatic heterocycles. The van der Waals surface area contributed by atoms with Crippen LogP contribution in [0.2, 0.25) is 10.0 Å². The molecule has 0 bridgehead atoms. The van der Waals surface area contributed by atoms with Crippen LogP contribution in [0.25, 0.3) is 6.08 Å². The summed E-state index contributed by atoms with van der Waals surface area (Å²) in [5, 5.41) is 1.25. The number of benzene rings is 2. The van der Waals surface area contributed by atoms with E-state index in [0.29, 0.717) is 31.4 Å². The number of rotatable bonds is 2. The van der Waals surface area contributed by atoms with Crippen LogP contribution in [0, 0.1) is 0 Å². The third kappa shape index (κ3) is 3.37. The van der Waals surface area contributed by atoms with Gasteiger partial charge in [-0.15, -0.1) is 0 Å². The fourth-order valence-corrected chi connectivity index (χ4v) is 5.25. The first-order chi connectivity index (χ1) is 14.5. The van der Waals surface area contributed by atoms with E-state index in [0.717, 1.165) is 29.7 Å². The van der Waals surface area contributed by atoms with E-state index in [2.05, 4.69) is 0 Å². The molecule has 150 valence electrons. The van der Waals surface area contributed by atoms with Crippen LogP contribution < -0.4 is 14.9 Å². The van der Waals surface area contributed by atoms with E-state index < -0.39 is 6.04 Å². The Kier molecular flexibility index (Phi) is 4.97. The minimum atomic E-state index is -0.478. The second kappa shape index (κ2) is 7.65. The number of thiazole rings is 1. The van der Waals surface area contributed by atoms with Crippen LogP contribution in [-0.2, 0) is 4.79 Å². The van der Waals surface area contributed by atoms with Crippen molar-refractivity contribution in [1.29, 1.82) is 0 Å². The van der Waals surface area contributed by atoms with E-state index in [1.54, 1.807) is 28.8 Å². The Balaban J connectivity index is 1.75. The second-order valence-corrected chi connectivity index (χ2v) is 9.20. The number of fused-ring (bicyclic) bond motifs is 1. The maximum Gasteiger partial charge on any atom is 0.271 e. The van der Waals surface area contributed by atoms with E-state index in [1.165, 1.54) is 11.3 Å². The first-order valence-electron chi connectivity index (χ1n) is 9.60. The summed E-state index contributed by atoms with van der Waals surface area (Å²) in [5.41, 5.74) is 3.02. The highest BCUT2D eigenvalue weighted by Gasteiger charge is 2.34. The zero-order valence-electron chi connectivity index (χ0n) is 15.8. The Morgan fingerprint density at radius 3 is 2.33 bits per heavy atom. The molecule has 1 aliphatic carbocycles. The van der Waals surface area contributed by atoms with Crippen molar-refractivity contribution in [3.8, 4) is 0 Å². The van der Waals surface area contributed by atoms with Gasteiger partial charge in [0.25, 0.3) is 5.56 Å². The van der Waals surface area contributed by atoms with Gasteiger partial charge in [-0.05, 0) is 54.3 Å². The smallest absolute Gasteiger partial charge is 0.271 e. The van der Waals surface area contributed by atoms with Crippen molar-refractivity contribution < 1.29 is 4.79 Å². The molecule has 0 saturated carbocycles. The highest BCUT2D eigenvalue weighted by atomic mass is 35.5. The van der Waals surface area contributed by atoms with Gasteiger partial charge in [-0.25, -0.2) is 4.99 Å². The first kappa shape index (κ1) is 19.5. The highest BCUT2D eigenvalue weighted by Crippen LogP contribution is 2.36. The predicted molar refractivity (Wildman–Crippen MR) is 120 cm³/mol. The van der Waals surface area contributed by atoms with Crippen molar-refractivity contribution in [2.75, 3.05) is 0 Å². The van der Waals surface area contributed by atoms with E-state index >= 15 is 0 Å². The van der Waals surface area contributed by atoms with E-state index in [9.17, 15) is 9.59 Å². The van der Waals surface area contributed by atoms with Gasteiger partial charge in [0.2, 0.25) is 0 Å². The Labute approximate surface area is 186 Å². The van der Waals surface area contributed by atoms with Crippen LogP contribution in [0.1, 0.15) is 36.4 Å². The number of hydrogen-bond donors (Lipinski definition) is 0.